The van der Waals surface area contributed by atoms with Crippen molar-refractivity contribution >= 4 is 20.8 Å². The standard InChI is InChI=1S/C18H31NO5S2/c1-17(2,20)10-9-16(26(19,23)24)15-7-5-14(6-8-15)13-25(22)12-11-18(3,4)21/h5-8,16,20-21H,9-13H2,1-4H3,(H2,19,23,24). The topological polar surface area (TPSA) is 118 Å². The Kier molecular flexibility index (Phi) is 7.98. The highest BCUT2D eigenvalue weighted by Crippen LogP contribution is 2.28. The minimum absolute atomic E-state index is 0.221. The quantitative estimate of drug-likeness (QED) is 0.550. The summed E-state index contributed by atoms with van der Waals surface area (Å²) in [6.45, 7) is 6.61. The highest BCUT2D eigenvalue weighted by molar-refractivity contribution is 7.89. The largest absolute Gasteiger partial charge is 0.390 e. The average Bonchev–Trinajstić information content (AvgIpc) is 2.44. The molecule has 0 bridgehead atoms. The van der Waals surface area contributed by atoms with E-state index in [2.05, 4.69) is 0 Å². The minimum Gasteiger partial charge on any atom is -0.390 e. The van der Waals surface area contributed by atoms with Gasteiger partial charge in [-0.05, 0) is 58.1 Å². The maximum absolute atomic E-state index is 12.1. The predicted octanol–water partition coefficient (Wildman–Crippen LogP) is 1.98. The molecule has 150 valence electrons. The van der Waals surface area contributed by atoms with E-state index in [1.54, 1.807) is 52.0 Å². The van der Waals surface area contributed by atoms with Gasteiger partial charge >= 0.3 is 0 Å². The van der Waals surface area contributed by atoms with Gasteiger partial charge in [-0.1, -0.05) is 24.3 Å². The van der Waals surface area contributed by atoms with E-state index < -0.39 is 37.3 Å². The fourth-order valence-corrected chi connectivity index (χ4v) is 4.87. The van der Waals surface area contributed by atoms with E-state index >= 15 is 0 Å². The molecule has 2 atom stereocenters. The number of sulfonamides is 1. The summed E-state index contributed by atoms with van der Waals surface area (Å²) in [5.74, 6) is 0.747. The van der Waals surface area contributed by atoms with Crippen molar-refractivity contribution in [2.45, 2.75) is 69.2 Å². The molecule has 0 amide bonds. The second-order valence-corrected chi connectivity index (χ2v) is 11.3. The second-order valence-electron chi connectivity index (χ2n) is 8.02. The summed E-state index contributed by atoms with van der Waals surface area (Å²) in [5.41, 5.74) is -0.426. The van der Waals surface area contributed by atoms with Crippen LogP contribution >= 0.6 is 0 Å². The molecular formula is C18H31NO5S2. The molecule has 0 spiro atoms. The molecule has 0 aliphatic carbocycles. The van der Waals surface area contributed by atoms with Gasteiger partial charge in [-0.3, -0.25) is 4.21 Å². The number of primary sulfonamides is 1. The number of benzene rings is 1. The summed E-state index contributed by atoms with van der Waals surface area (Å²) in [7, 11) is -4.90. The molecule has 1 aromatic rings. The lowest BCUT2D eigenvalue weighted by Crippen LogP contribution is -2.26. The van der Waals surface area contributed by atoms with E-state index in [1.165, 1.54) is 0 Å². The van der Waals surface area contributed by atoms with Crippen LogP contribution in [0.4, 0.5) is 0 Å². The third-order valence-corrected chi connectivity index (χ3v) is 6.65. The molecule has 0 aliphatic rings. The Balaban J connectivity index is 2.81. The molecule has 6 nitrogen and oxygen atoms in total. The van der Waals surface area contributed by atoms with Gasteiger partial charge in [-0.15, -0.1) is 0 Å². The first-order valence-electron chi connectivity index (χ1n) is 8.57. The van der Waals surface area contributed by atoms with Crippen molar-refractivity contribution in [1.29, 1.82) is 0 Å². The van der Waals surface area contributed by atoms with Crippen molar-refractivity contribution < 1.29 is 22.8 Å². The lowest BCUT2D eigenvalue weighted by Gasteiger charge is -2.21. The van der Waals surface area contributed by atoms with Crippen molar-refractivity contribution in [2.75, 3.05) is 5.75 Å². The van der Waals surface area contributed by atoms with Crippen molar-refractivity contribution in [3.63, 3.8) is 0 Å². The predicted molar refractivity (Wildman–Crippen MR) is 105 cm³/mol. The van der Waals surface area contributed by atoms with Gasteiger partial charge in [-0.2, -0.15) is 0 Å². The summed E-state index contributed by atoms with van der Waals surface area (Å²) >= 11 is 0. The Labute approximate surface area is 159 Å². The highest BCUT2D eigenvalue weighted by Gasteiger charge is 2.26. The van der Waals surface area contributed by atoms with Crippen LogP contribution in [0.3, 0.4) is 0 Å². The van der Waals surface area contributed by atoms with Crippen LogP contribution in [-0.4, -0.2) is 39.8 Å². The molecular weight excluding hydrogens is 374 g/mol. The third-order valence-electron chi connectivity index (χ3n) is 4.04. The number of nitrogens with two attached hydrogens (primary N) is 1. The first-order valence-corrected chi connectivity index (χ1v) is 11.7. The molecule has 0 aromatic heterocycles. The molecule has 1 rings (SSSR count). The molecule has 1 aromatic carbocycles. The summed E-state index contributed by atoms with van der Waals surface area (Å²) in [5, 5.41) is 24.0. The van der Waals surface area contributed by atoms with Gasteiger partial charge in [0, 0.05) is 22.3 Å². The van der Waals surface area contributed by atoms with E-state index in [9.17, 15) is 22.8 Å². The zero-order chi connectivity index (χ0) is 20.2. The third kappa shape index (κ3) is 9.23. The normalized spacial score (nSPS) is 15.7. The SMILES string of the molecule is CC(C)(O)CCC(c1ccc(CS(=O)CCC(C)(C)O)cc1)S(N)(=O)=O. The van der Waals surface area contributed by atoms with Crippen molar-refractivity contribution in [3.8, 4) is 0 Å². The number of hydrogen-bond donors (Lipinski definition) is 3. The van der Waals surface area contributed by atoms with Crippen LogP contribution in [-0.2, 0) is 26.6 Å². The lowest BCUT2D eigenvalue weighted by molar-refractivity contribution is 0.0685. The van der Waals surface area contributed by atoms with Gasteiger partial charge in [0.25, 0.3) is 0 Å². The summed E-state index contributed by atoms with van der Waals surface area (Å²) in [4.78, 5) is 0. The van der Waals surface area contributed by atoms with Crippen molar-refractivity contribution in [2.24, 2.45) is 5.14 Å². The minimum atomic E-state index is -3.80. The molecule has 0 saturated carbocycles. The van der Waals surface area contributed by atoms with E-state index in [0.717, 1.165) is 5.56 Å². The van der Waals surface area contributed by atoms with Gasteiger partial charge in [-0.25, -0.2) is 13.6 Å². The van der Waals surface area contributed by atoms with E-state index in [-0.39, 0.29) is 6.42 Å². The fourth-order valence-electron chi connectivity index (χ4n) is 2.46. The molecule has 0 radical (unpaired) electrons. The van der Waals surface area contributed by atoms with E-state index in [4.69, 9.17) is 5.14 Å². The Morgan fingerprint density at radius 1 is 1.04 bits per heavy atom. The summed E-state index contributed by atoms with van der Waals surface area (Å²) in [6.07, 6.45) is 0.970. The molecule has 0 aliphatic heterocycles. The lowest BCUT2D eigenvalue weighted by atomic mass is 9.98. The Hall–Kier alpha value is -0.800. The number of hydrogen-bond acceptors (Lipinski definition) is 5. The number of aliphatic hydroxyl groups is 2. The van der Waals surface area contributed by atoms with Gasteiger partial charge in [0.05, 0.1) is 11.2 Å². The summed E-state index contributed by atoms with van der Waals surface area (Å²) in [6, 6.07) is 6.86. The Morgan fingerprint density at radius 3 is 1.96 bits per heavy atom. The van der Waals surface area contributed by atoms with Crippen LogP contribution < -0.4 is 5.14 Å². The average molecular weight is 406 g/mol. The van der Waals surface area contributed by atoms with Crippen molar-refractivity contribution in [3.05, 3.63) is 35.4 Å². The molecule has 2 unspecified atom stereocenters. The molecule has 0 heterocycles. The van der Waals surface area contributed by atoms with Crippen LogP contribution in [0.15, 0.2) is 24.3 Å². The van der Waals surface area contributed by atoms with Crippen LogP contribution in [0.2, 0.25) is 0 Å². The molecule has 0 saturated heterocycles. The van der Waals surface area contributed by atoms with E-state index in [1.807, 2.05) is 0 Å². The molecule has 0 fully saturated rings. The van der Waals surface area contributed by atoms with Crippen molar-refractivity contribution in [1.82, 2.24) is 0 Å². The summed E-state index contributed by atoms with van der Waals surface area (Å²) < 4.78 is 35.9. The zero-order valence-electron chi connectivity index (χ0n) is 15.9. The molecule has 8 heteroatoms. The first-order chi connectivity index (χ1) is 11.7. The van der Waals surface area contributed by atoms with Gasteiger partial charge < -0.3 is 10.2 Å². The smallest absolute Gasteiger partial charge is 0.216 e. The van der Waals surface area contributed by atoms with E-state index in [0.29, 0.717) is 29.9 Å². The molecule has 26 heavy (non-hydrogen) atoms. The monoisotopic (exact) mass is 405 g/mol. The fraction of sp³-hybridized carbons (Fsp3) is 0.667. The maximum atomic E-state index is 12.1. The second kappa shape index (κ2) is 8.93. The maximum Gasteiger partial charge on any atom is 0.216 e. The van der Waals surface area contributed by atoms with Crippen LogP contribution in [0.5, 0.6) is 0 Å². The highest BCUT2D eigenvalue weighted by atomic mass is 32.2. The van der Waals surface area contributed by atoms with Gasteiger partial charge in [0.2, 0.25) is 10.0 Å². The Morgan fingerprint density at radius 2 is 1.54 bits per heavy atom. The first kappa shape index (κ1) is 23.2. The van der Waals surface area contributed by atoms with Crippen LogP contribution in [0.25, 0.3) is 0 Å². The van der Waals surface area contributed by atoms with Crippen LogP contribution in [0.1, 0.15) is 63.3 Å². The zero-order valence-corrected chi connectivity index (χ0v) is 17.6. The molecule has 4 N–H and O–H groups in total. The Bertz CT molecular complexity index is 701. The van der Waals surface area contributed by atoms with Crippen LogP contribution in [0, 0.1) is 0 Å². The number of rotatable bonds is 10. The van der Waals surface area contributed by atoms with Gasteiger partial charge in [0.1, 0.15) is 5.25 Å². The van der Waals surface area contributed by atoms with Gasteiger partial charge in [0.15, 0.2) is 0 Å².